The van der Waals surface area contributed by atoms with Crippen LogP contribution in [0.15, 0.2) is 24.3 Å². The van der Waals surface area contributed by atoms with Crippen LogP contribution in [0, 0.1) is 0 Å². The standard InChI is InChI=1S/C12H15NO2S/c1-15-10-4-2-9(3-5-10)11-8-12(14)13-6-7-16-11/h2-5,11H,6-8H2,1H3,(H,13,14)/t11-/m0/s1. The van der Waals surface area contributed by atoms with E-state index in [2.05, 4.69) is 5.32 Å². The number of thioether (sulfide) groups is 1. The summed E-state index contributed by atoms with van der Waals surface area (Å²) in [5.74, 6) is 1.97. The lowest BCUT2D eigenvalue weighted by molar-refractivity contribution is -0.120. The first-order chi connectivity index (χ1) is 7.79. The Labute approximate surface area is 99.6 Å². The van der Waals surface area contributed by atoms with E-state index in [0.29, 0.717) is 6.42 Å². The van der Waals surface area contributed by atoms with Crippen molar-refractivity contribution in [2.75, 3.05) is 19.4 Å². The fourth-order valence-electron chi connectivity index (χ4n) is 1.72. The molecule has 2 rings (SSSR count). The van der Waals surface area contributed by atoms with Gasteiger partial charge in [0.2, 0.25) is 5.91 Å². The van der Waals surface area contributed by atoms with Crippen molar-refractivity contribution in [3.8, 4) is 5.75 Å². The number of amides is 1. The van der Waals surface area contributed by atoms with Gasteiger partial charge in [-0.2, -0.15) is 11.8 Å². The molecule has 1 fully saturated rings. The molecular formula is C12H15NO2S. The summed E-state index contributed by atoms with van der Waals surface area (Å²) in [5.41, 5.74) is 1.20. The number of rotatable bonds is 2. The zero-order chi connectivity index (χ0) is 11.4. The van der Waals surface area contributed by atoms with Crippen molar-refractivity contribution in [2.24, 2.45) is 0 Å². The average molecular weight is 237 g/mol. The smallest absolute Gasteiger partial charge is 0.221 e. The van der Waals surface area contributed by atoms with E-state index in [1.807, 2.05) is 36.0 Å². The Balaban J connectivity index is 2.12. The molecular weight excluding hydrogens is 222 g/mol. The Bertz CT molecular complexity index is 364. The highest BCUT2D eigenvalue weighted by atomic mass is 32.2. The van der Waals surface area contributed by atoms with Crippen LogP contribution in [-0.2, 0) is 4.79 Å². The molecule has 1 aromatic carbocycles. The summed E-state index contributed by atoms with van der Waals surface area (Å²) in [5, 5.41) is 3.15. The van der Waals surface area contributed by atoms with E-state index in [-0.39, 0.29) is 11.2 Å². The molecule has 1 saturated heterocycles. The fraction of sp³-hybridized carbons (Fsp3) is 0.417. The van der Waals surface area contributed by atoms with E-state index >= 15 is 0 Å². The number of carbonyl (C=O) groups is 1. The predicted octanol–water partition coefficient (Wildman–Crippen LogP) is 1.99. The van der Waals surface area contributed by atoms with E-state index in [1.54, 1.807) is 7.11 Å². The summed E-state index contributed by atoms with van der Waals surface area (Å²) < 4.78 is 5.12. The first kappa shape index (κ1) is 11.3. The van der Waals surface area contributed by atoms with Crippen molar-refractivity contribution in [1.82, 2.24) is 5.32 Å². The lowest BCUT2D eigenvalue weighted by atomic mass is 10.1. The van der Waals surface area contributed by atoms with Gasteiger partial charge in [-0.3, -0.25) is 4.79 Å². The van der Waals surface area contributed by atoms with Gasteiger partial charge in [0.05, 0.1) is 7.11 Å². The quantitative estimate of drug-likeness (QED) is 0.855. The monoisotopic (exact) mass is 237 g/mol. The Hall–Kier alpha value is -1.16. The summed E-state index contributed by atoms with van der Waals surface area (Å²) in [6.07, 6.45) is 0.566. The van der Waals surface area contributed by atoms with E-state index in [1.165, 1.54) is 5.56 Å². The largest absolute Gasteiger partial charge is 0.497 e. The van der Waals surface area contributed by atoms with Gasteiger partial charge in [-0.1, -0.05) is 12.1 Å². The SMILES string of the molecule is COc1ccc([C@@H]2CC(=O)NCCS2)cc1. The zero-order valence-corrected chi connectivity index (χ0v) is 10.0. The molecule has 1 heterocycles. The molecule has 86 valence electrons. The molecule has 1 amide bonds. The second kappa shape index (κ2) is 5.25. The Kier molecular flexibility index (Phi) is 3.72. The van der Waals surface area contributed by atoms with Gasteiger partial charge in [-0.15, -0.1) is 0 Å². The van der Waals surface area contributed by atoms with Crippen molar-refractivity contribution < 1.29 is 9.53 Å². The first-order valence-electron chi connectivity index (χ1n) is 5.32. The Morgan fingerprint density at radius 2 is 2.12 bits per heavy atom. The van der Waals surface area contributed by atoms with Crippen molar-refractivity contribution in [1.29, 1.82) is 0 Å². The molecule has 0 aromatic heterocycles. The van der Waals surface area contributed by atoms with Crippen molar-refractivity contribution >= 4 is 17.7 Å². The van der Waals surface area contributed by atoms with Crippen LogP contribution >= 0.6 is 11.8 Å². The summed E-state index contributed by atoms with van der Waals surface area (Å²) in [6.45, 7) is 0.774. The number of hydrogen-bond acceptors (Lipinski definition) is 3. The van der Waals surface area contributed by atoms with Crippen LogP contribution in [0.5, 0.6) is 5.75 Å². The maximum atomic E-state index is 11.4. The number of nitrogens with one attached hydrogen (secondary N) is 1. The van der Waals surface area contributed by atoms with E-state index in [9.17, 15) is 4.79 Å². The fourth-order valence-corrected chi connectivity index (χ4v) is 2.85. The molecule has 0 aliphatic carbocycles. The topological polar surface area (TPSA) is 38.3 Å². The number of ether oxygens (including phenoxy) is 1. The molecule has 1 aliphatic heterocycles. The molecule has 0 bridgehead atoms. The van der Waals surface area contributed by atoms with Crippen LogP contribution in [0.3, 0.4) is 0 Å². The van der Waals surface area contributed by atoms with E-state index in [0.717, 1.165) is 18.0 Å². The van der Waals surface area contributed by atoms with Crippen LogP contribution in [0.25, 0.3) is 0 Å². The number of methoxy groups -OCH3 is 1. The summed E-state index contributed by atoms with van der Waals surface area (Å²) in [4.78, 5) is 11.4. The van der Waals surface area contributed by atoms with Gasteiger partial charge in [0.1, 0.15) is 5.75 Å². The van der Waals surface area contributed by atoms with Gasteiger partial charge in [-0.25, -0.2) is 0 Å². The van der Waals surface area contributed by atoms with Crippen LogP contribution in [0.1, 0.15) is 17.2 Å². The van der Waals surface area contributed by atoms with Crippen LogP contribution in [-0.4, -0.2) is 25.3 Å². The van der Waals surface area contributed by atoms with Crippen LogP contribution in [0.4, 0.5) is 0 Å². The molecule has 1 aromatic rings. The molecule has 16 heavy (non-hydrogen) atoms. The maximum Gasteiger partial charge on any atom is 0.221 e. The number of carbonyl (C=O) groups excluding carboxylic acids is 1. The molecule has 0 spiro atoms. The summed E-state index contributed by atoms with van der Waals surface area (Å²) in [7, 11) is 1.66. The second-order valence-corrected chi connectivity index (χ2v) is 5.00. The third-order valence-corrected chi connectivity index (χ3v) is 3.88. The highest BCUT2D eigenvalue weighted by molar-refractivity contribution is 7.99. The highest BCUT2D eigenvalue weighted by Gasteiger charge is 2.19. The van der Waals surface area contributed by atoms with E-state index < -0.39 is 0 Å². The molecule has 3 nitrogen and oxygen atoms in total. The minimum Gasteiger partial charge on any atom is -0.497 e. The molecule has 4 heteroatoms. The van der Waals surface area contributed by atoms with Crippen molar-refractivity contribution in [3.63, 3.8) is 0 Å². The number of hydrogen-bond donors (Lipinski definition) is 1. The third-order valence-electron chi connectivity index (χ3n) is 2.60. The minimum atomic E-state index is 0.144. The Morgan fingerprint density at radius 3 is 2.81 bits per heavy atom. The van der Waals surface area contributed by atoms with Crippen molar-refractivity contribution in [2.45, 2.75) is 11.7 Å². The minimum absolute atomic E-state index is 0.144. The number of benzene rings is 1. The average Bonchev–Trinajstić information content (AvgIpc) is 2.54. The van der Waals surface area contributed by atoms with Gasteiger partial charge >= 0.3 is 0 Å². The maximum absolute atomic E-state index is 11.4. The van der Waals surface area contributed by atoms with Gasteiger partial charge in [0, 0.05) is 24.0 Å². The molecule has 0 radical (unpaired) electrons. The molecule has 1 aliphatic rings. The second-order valence-electron chi connectivity index (χ2n) is 3.69. The van der Waals surface area contributed by atoms with Gasteiger partial charge in [0.15, 0.2) is 0 Å². The lowest BCUT2D eigenvalue weighted by Gasteiger charge is -2.13. The van der Waals surface area contributed by atoms with E-state index in [4.69, 9.17) is 4.74 Å². The summed E-state index contributed by atoms with van der Waals surface area (Å²) in [6, 6.07) is 7.96. The predicted molar refractivity (Wildman–Crippen MR) is 65.8 cm³/mol. The zero-order valence-electron chi connectivity index (χ0n) is 9.23. The molecule has 0 saturated carbocycles. The Morgan fingerprint density at radius 1 is 1.38 bits per heavy atom. The summed E-state index contributed by atoms with van der Waals surface area (Å²) >= 11 is 1.83. The molecule has 1 atom stereocenters. The van der Waals surface area contributed by atoms with Gasteiger partial charge in [0.25, 0.3) is 0 Å². The van der Waals surface area contributed by atoms with Gasteiger partial charge in [-0.05, 0) is 17.7 Å². The van der Waals surface area contributed by atoms with Crippen LogP contribution in [0.2, 0.25) is 0 Å². The molecule has 1 N–H and O–H groups in total. The highest BCUT2D eigenvalue weighted by Crippen LogP contribution is 2.33. The van der Waals surface area contributed by atoms with Crippen LogP contribution < -0.4 is 10.1 Å². The van der Waals surface area contributed by atoms with Crippen molar-refractivity contribution in [3.05, 3.63) is 29.8 Å². The third kappa shape index (κ3) is 2.70. The first-order valence-corrected chi connectivity index (χ1v) is 6.37. The van der Waals surface area contributed by atoms with Gasteiger partial charge < -0.3 is 10.1 Å². The lowest BCUT2D eigenvalue weighted by Crippen LogP contribution is -2.23. The normalized spacial score (nSPS) is 21.1. The molecule has 0 unspecified atom stereocenters.